The fourth-order valence-corrected chi connectivity index (χ4v) is 3.12. The summed E-state index contributed by atoms with van der Waals surface area (Å²) >= 11 is 0. The van der Waals surface area contributed by atoms with Crippen LogP contribution in [-0.4, -0.2) is 22.7 Å². The van der Waals surface area contributed by atoms with Crippen LogP contribution in [0.4, 0.5) is 0 Å². The number of aromatic nitrogens is 2. The predicted octanol–water partition coefficient (Wildman–Crippen LogP) is 3.43. The van der Waals surface area contributed by atoms with Crippen LogP contribution >= 0.6 is 0 Å². The molecule has 0 spiro atoms. The molecule has 2 aromatic heterocycles. The Morgan fingerprint density at radius 3 is 3.05 bits per heavy atom. The normalized spacial score (nSPS) is 22.5. The molecule has 2 unspecified atom stereocenters. The minimum atomic E-state index is 0.545. The van der Waals surface area contributed by atoms with Gasteiger partial charge in [-0.05, 0) is 43.9 Å². The lowest BCUT2D eigenvalue weighted by Crippen LogP contribution is -2.39. The smallest absolute Gasteiger partial charge is 0.238 e. The Kier molecular flexibility index (Phi) is 4.70. The van der Waals surface area contributed by atoms with Gasteiger partial charge in [0, 0.05) is 12.5 Å². The lowest BCUT2D eigenvalue weighted by atomic mass is 9.82. The van der Waals surface area contributed by atoms with Gasteiger partial charge in [0.05, 0.1) is 6.26 Å². The van der Waals surface area contributed by atoms with Crippen LogP contribution in [0.1, 0.15) is 44.9 Å². The van der Waals surface area contributed by atoms with Gasteiger partial charge in [0.25, 0.3) is 0 Å². The van der Waals surface area contributed by atoms with Crippen LogP contribution in [0, 0.1) is 5.92 Å². The molecule has 0 radical (unpaired) electrons. The molecule has 0 aliphatic heterocycles. The van der Waals surface area contributed by atoms with E-state index in [1.54, 1.807) is 6.26 Å². The van der Waals surface area contributed by atoms with E-state index in [1.807, 2.05) is 12.1 Å². The Morgan fingerprint density at radius 2 is 2.24 bits per heavy atom. The zero-order chi connectivity index (χ0) is 14.5. The monoisotopic (exact) mass is 289 g/mol. The molecule has 2 atom stereocenters. The van der Waals surface area contributed by atoms with E-state index in [0.717, 1.165) is 18.9 Å². The van der Waals surface area contributed by atoms with Crippen molar-refractivity contribution >= 4 is 0 Å². The Hall–Kier alpha value is -1.62. The summed E-state index contributed by atoms with van der Waals surface area (Å²) in [4.78, 5) is 4.46. The SMILES string of the molecule is CCCNC1CCCCC1Cc1nc(-c2ccco2)no1. The number of hydrogen-bond donors (Lipinski definition) is 1. The van der Waals surface area contributed by atoms with Gasteiger partial charge in [-0.25, -0.2) is 0 Å². The molecule has 1 N–H and O–H groups in total. The predicted molar refractivity (Wildman–Crippen MR) is 79.7 cm³/mol. The van der Waals surface area contributed by atoms with Gasteiger partial charge in [-0.1, -0.05) is 24.9 Å². The summed E-state index contributed by atoms with van der Waals surface area (Å²) in [6.07, 6.45) is 8.76. The molecule has 0 saturated heterocycles. The lowest BCUT2D eigenvalue weighted by molar-refractivity contribution is 0.240. The van der Waals surface area contributed by atoms with Gasteiger partial charge < -0.3 is 14.3 Å². The summed E-state index contributed by atoms with van der Waals surface area (Å²) in [5, 5.41) is 7.68. The van der Waals surface area contributed by atoms with Crippen LogP contribution in [0.5, 0.6) is 0 Å². The van der Waals surface area contributed by atoms with E-state index in [0.29, 0.717) is 23.5 Å². The number of hydrogen-bond acceptors (Lipinski definition) is 5. The van der Waals surface area contributed by atoms with Crippen molar-refractivity contribution < 1.29 is 8.94 Å². The average molecular weight is 289 g/mol. The quantitative estimate of drug-likeness (QED) is 0.882. The Balaban J connectivity index is 1.64. The topological polar surface area (TPSA) is 64.1 Å². The van der Waals surface area contributed by atoms with Gasteiger partial charge in [-0.3, -0.25) is 0 Å². The Labute approximate surface area is 125 Å². The summed E-state index contributed by atoms with van der Waals surface area (Å²) in [6, 6.07) is 4.26. The standard InChI is InChI=1S/C16H23N3O2/c1-2-9-17-13-7-4-3-6-12(13)11-15-18-16(19-21-15)14-8-5-10-20-14/h5,8,10,12-13,17H,2-4,6-7,9,11H2,1H3. The Morgan fingerprint density at radius 1 is 1.33 bits per heavy atom. The van der Waals surface area contributed by atoms with Crippen molar-refractivity contribution in [1.29, 1.82) is 0 Å². The van der Waals surface area contributed by atoms with Crippen molar-refractivity contribution in [3.8, 4) is 11.6 Å². The highest BCUT2D eigenvalue weighted by molar-refractivity contribution is 5.44. The van der Waals surface area contributed by atoms with E-state index in [9.17, 15) is 0 Å². The molecule has 5 heteroatoms. The fourth-order valence-electron chi connectivity index (χ4n) is 3.12. The second kappa shape index (κ2) is 6.89. The molecule has 1 saturated carbocycles. The maximum atomic E-state index is 5.40. The second-order valence-corrected chi connectivity index (χ2v) is 5.80. The van der Waals surface area contributed by atoms with Crippen molar-refractivity contribution in [1.82, 2.24) is 15.5 Å². The molecule has 1 aliphatic rings. The first-order valence-electron chi connectivity index (χ1n) is 7.96. The van der Waals surface area contributed by atoms with Crippen LogP contribution in [0.3, 0.4) is 0 Å². The summed E-state index contributed by atoms with van der Waals surface area (Å²) < 4.78 is 10.7. The minimum Gasteiger partial charge on any atom is -0.461 e. The molecule has 21 heavy (non-hydrogen) atoms. The van der Waals surface area contributed by atoms with Crippen LogP contribution in [0.25, 0.3) is 11.6 Å². The highest BCUT2D eigenvalue weighted by Gasteiger charge is 2.26. The summed E-state index contributed by atoms with van der Waals surface area (Å²) in [7, 11) is 0. The van der Waals surface area contributed by atoms with E-state index in [1.165, 1.54) is 32.1 Å². The van der Waals surface area contributed by atoms with E-state index < -0.39 is 0 Å². The number of rotatable bonds is 6. The average Bonchev–Trinajstić information content (AvgIpc) is 3.17. The van der Waals surface area contributed by atoms with Gasteiger partial charge in [0.2, 0.25) is 11.7 Å². The minimum absolute atomic E-state index is 0.545. The van der Waals surface area contributed by atoms with Crippen LogP contribution in [0.15, 0.2) is 27.3 Å². The van der Waals surface area contributed by atoms with Gasteiger partial charge in [0.15, 0.2) is 5.76 Å². The number of nitrogens with zero attached hydrogens (tertiary/aromatic N) is 2. The third-order valence-electron chi connectivity index (χ3n) is 4.21. The van der Waals surface area contributed by atoms with E-state index in [4.69, 9.17) is 8.94 Å². The first-order chi connectivity index (χ1) is 10.4. The first-order valence-corrected chi connectivity index (χ1v) is 7.96. The molecular formula is C16H23N3O2. The molecule has 0 bridgehead atoms. The highest BCUT2D eigenvalue weighted by atomic mass is 16.5. The van der Waals surface area contributed by atoms with Gasteiger partial charge >= 0.3 is 0 Å². The third-order valence-corrected chi connectivity index (χ3v) is 4.21. The molecule has 2 aromatic rings. The molecule has 5 nitrogen and oxygen atoms in total. The van der Waals surface area contributed by atoms with E-state index in [-0.39, 0.29) is 0 Å². The largest absolute Gasteiger partial charge is 0.461 e. The van der Waals surface area contributed by atoms with Crippen molar-refractivity contribution in [3.05, 3.63) is 24.3 Å². The maximum absolute atomic E-state index is 5.40. The molecule has 0 amide bonds. The summed E-state index contributed by atoms with van der Waals surface area (Å²) in [5.41, 5.74) is 0. The zero-order valence-corrected chi connectivity index (χ0v) is 12.5. The van der Waals surface area contributed by atoms with Crippen molar-refractivity contribution in [2.75, 3.05) is 6.54 Å². The third kappa shape index (κ3) is 3.53. The summed E-state index contributed by atoms with van der Waals surface area (Å²) in [6.45, 7) is 3.29. The van der Waals surface area contributed by atoms with Gasteiger partial charge in [-0.15, -0.1) is 0 Å². The van der Waals surface area contributed by atoms with Gasteiger partial charge in [-0.2, -0.15) is 4.98 Å². The molecule has 2 heterocycles. The zero-order valence-electron chi connectivity index (χ0n) is 12.5. The van der Waals surface area contributed by atoms with Crippen LogP contribution in [-0.2, 0) is 6.42 Å². The second-order valence-electron chi connectivity index (χ2n) is 5.80. The lowest BCUT2D eigenvalue weighted by Gasteiger charge is -2.31. The maximum Gasteiger partial charge on any atom is 0.238 e. The molecule has 114 valence electrons. The molecule has 0 aromatic carbocycles. The number of furan rings is 1. The van der Waals surface area contributed by atoms with Crippen LogP contribution < -0.4 is 5.32 Å². The number of nitrogens with one attached hydrogen (secondary N) is 1. The fraction of sp³-hybridized carbons (Fsp3) is 0.625. The van der Waals surface area contributed by atoms with E-state index >= 15 is 0 Å². The van der Waals surface area contributed by atoms with Gasteiger partial charge in [0.1, 0.15) is 0 Å². The first kappa shape index (κ1) is 14.3. The molecule has 3 rings (SSSR count). The van der Waals surface area contributed by atoms with Crippen molar-refractivity contribution in [3.63, 3.8) is 0 Å². The van der Waals surface area contributed by atoms with Crippen molar-refractivity contribution in [2.45, 2.75) is 51.5 Å². The van der Waals surface area contributed by atoms with E-state index in [2.05, 4.69) is 22.4 Å². The van der Waals surface area contributed by atoms with Crippen LogP contribution in [0.2, 0.25) is 0 Å². The highest BCUT2D eigenvalue weighted by Crippen LogP contribution is 2.28. The van der Waals surface area contributed by atoms with Crippen molar-refractivity contribution in [2.24, 2.45) is 5.92 Å². The summed E-state index contributed by atoms with van der Waals surface area (Å²) in [5.74, 6) is 2.52. The molecular weight excluding hydrogens is 266 g/mol. The molecule has 1 aliphatic carbocycles. The Bertz CT molecular complexity index is 535. The molecule has 1 fully saturated rings.